The number of fused-ring (bicyclic) bond motifs is 2. The predicted octanol–water partition coefficient (Wildman–Crippen LogP) is 1.62. The Hall–Kier alpha value is -3.66. The molecule has 10 heteroatoms. The van der Waals surface area contributed by atoms with E-state index in [1.54, 1.807) is 11.0 Å². The Morgan fingerprint density at radius 3 is 2.76 bits per heavy atom. The molecule has 2 aliphatic rings. The van der Waals surface area contributed by atoms with Gasteiger partial charge in [-0.3, -0.25) is 9.69 Å². The highest BCUT2D eigenvalue weighted by atomic mass is 16.6. The maximum Gasteiger partial charge on any atom is 0.230 e. The molecule has 1 unspecified atom stereocenters. The largest absolute Gasteiger partial charge is 0.340 e. The number of aryl methyl sites for hydroxylation is 1. The number of hydrogen-bond acceptors (Lipinski definition) is 8. The molecule has 1 amide bonds. The van der Waals surface area contributed by atoms with E-state index in [9.17, 15) is 4.79 Å². The first-order chi connectivity index (χ1) is 16.2. The zero-order valence-electron chi connectivity index (χ0n) is 18.2. The van der Waals surface area contributed by atoms with E-state index in [4.69, 9.17) is 4.63 Å². The number of rotatable bonds is 5. The first-order valence-electron chi connectivity index (χ1n) is 11.3. The standard InChI is InChI=1S/C23H24N8O2/c32-23(20-4-2-17-14-18(3-5-19(17)20)31-15-24-27-28-31)30-11-9-29(10-12-30)8-7-16-1-6-21-22(13-16)26-33-25-21/h1,3,5-6,13-15,20H,2,4,7-12H2. The fourth-order valence-corrected chi connectivity index (χ4v) is 4.97. The number of nitrogens with zero attached hydrogens (tertiary/aromatic N) is 8. The second kappa shape index (κ2) is 8.36. The smallest absolute Gasteiger partial charge is 0.230 e. The average Bonchev–Trinajstić information content (AvgIpc) is 3.62. The van der Waals surface area contributed by atoms with E-state index in [1.165, 1.54) is 11.1 Å². The summed E-state index contributed by atoms with van der Waals surface area (Å²) >= 11 is 0. The van der Waals surface area contributed by atoms with Crippen molar-refractivity contribution in [1.29, 1.82) is 0 Å². The van der Waals surface area contributed by atoms with Crippen LogP contribution in [0.25, 0.3) is 16.7 Å². The van der Waals surface area contributed by atoms with Crippen molar-refractivity contribution in [1.82, 2.24) is 40.3 Å². The number of carbonyl (C=O) groups excluding carboxylic acids is 1. The molecule has 1 fully saturated rings. The van der Waals surface area contributed by atoms with Crippen molar-refractivity contribution in [2.75, 3.05) is 32.7 Å². The van der Waals surface area contributed by atoms with Gasteiger partial charge in [-0.05, 0) is 81.0 Å². The van der Waals surface area contributed by atoms with Crippen LogP contribution in [0.1, 0.15) is 29.0 Å². The lowest BCUT2D eigenvalue weighted by molar-refractivity contribution is -0.134. The van der Waals surface area contributed by atoms with Crippen molar-refractivity contribution < 1.29 is 9.42 Å². The van der Waals surface area contributed by atoms with Crippen LogP contribution in [0, 0.1) is 0 Å². The summed E-state index contributed by atoms with van der Waals surface area (Å²) in [6, 6.07) is 12.2. The summed E-state index contributed by atoms with van der Waals surface area (Å²) < 4.78 is 6.43. The third kappa shape index (κ3) is 3.86. The topological polar surface area (TPSA) is 106 Å². The molecule has 0 radical (unpaired) electrons. The van der Waals surface area contributed by atoms with E-state index >= 15 is 0 Å². The van der Waals surface area contributed by atoms with Crippen LogP contribution in [-0.2, 0) is 17.6 Å². The number of aromatic nitrogens is 6. The molecule has 1 aliphatic heterocycles. The summed E-state index contributed by atoms with van der Waals surface area (Å²) in [5, 5.41) is 19.1. The van der Waals surface area contributed by atoms with Crippen LogP contribution in [-0.4, -0.2) is 79.0 Å². The van der Waals surface area contributed by atoms with Crippen LogP contribution in [0.15, 0.2) is 47.4 Å². The molecule has 6 rings (SSSR count). The Morgan fingerprint density at radius 2 is 1.91 bits per heavy atom. The third-order valence-corrected chi connectivity index (χ3v) is 6.83. The first-order valence-corrected chi connectivity index (χ1v) is 11.3. The quantitative estimate of drug-likeness (QED) is 0.457. The minimum Gasteiger partial charge on any atom is -0.340 e. The Kier molecular flexibility index (Phi) is 5.06. The van der Waals surface area contributed by atoms with Crippen LogP contribution in [0.3, 0.4) is 0 Å². The molecule has 168 valence electrons. The van der Waals surface area contributed by atoms with Crippen molar-refractivity contribution in [3.8, 4) is 5.69 Å². The van der Waals surface area contributed by atoms with Crippen LogP contribution in [0.2, 0.25) is 0 Å². The van der Waals surface area contributed by atoms with Crippen molar-refractivity contribution in [3.05, 3.63) is 59.4 Å². The molecule has 1 saturated heterocycles. The summed E-state index contributed by atoms with van der Waals surface area (Å²) in [6.07, 6.45) is 4.30. The number of carbonyl (C=O) groups is 1. The van der Waals surface area contributed by atoms with Gasteiger partial charge in [0.05, 0.1) is 11.6 Å². The van der Waals surface area contributed by atoms with Gasteiger partial charge in [-0.15, -0.1) is 5.10 Å². The van der Waals surface area contributed by atoms with Gasteiger partial charge in [0.1, 0.15) is 17.4 Å². The van der Waals surface area contributed by atoms with Crippen molar-refractivity contribution in [2.45, 2.75) is 25.2 Å². The molecular formula is C23H24N8O2. The van der Waals surface area contributed by atoms with E-state index in [-0.39, 0.29) is 11.8 Å². The summed E-state index contributed by atoms with van der Waals surface area (Å²) in [7, 11) is 0. The van der Waals surface area contributed by atoms with Crippen molar-refractivity contribution in [3.63, 3.8) is 0 Å². The lowest BCUT2D eigenvalue weighted by atomic mass is 9.99. The number of piperazine rings is 1. The Bertz CT molecular complexity index is 1280. The molecule has 0 spiro atoms. The molecule has 2 aromatic heterocycles. The number of hydrogen-bond donors (Lipinski definition) is 0. The fraction of sp³-hybridized carbons (Fsp3) is 0.391. The number of tetrazole rings is 1. The molecule has 33 heavy (non-hydrogen) atoms. The molecule has 2 aromatic carbocycles. The van der Waals surface area contributed by atoms with E-state index in [1.807, 2.05) is 23.1 Å². The highest BCUT2D eigenvalue weighted by Crippen LogP contribution is 2.35. The SMILES string of the molecule is O=C(C1CCc2cc(-n3cnnn3)ccc21)N1CCN(CCc2ccc3nonc3c2)CC1. The molecule has 1 atom stereocenters. The molecule has 1 aliphatic carbocycles. The van der Waals surface area contributed by atoms with Gasteiger partial charge in [0.2, 0.25) is 5.91 Å². The van der Waals surface area contributed by atoms with Crippen LogP contribution >= 0.6 is 0 Å². The molecule has 0 N–H and O–H groups in total. The molecule has 0 bridgehead atoms. The van der Waals surface area contributed by atoms with Gasteiger partial charge in [0.15, 0.2) is 0 Å². The summed E-state index contributed by atoms with van der Waals surface area (Å²) in [6.45, 7) is 4.32. The van der Waals surface area contributed by atoms with Gasteiger partial charge in [0, 0.05) is 32.7 Å². The Balaban J connectivity index is 1.05. The fourth-order valence-electron chi connectivity index (χ4n) is 4.97. The monoisotopic (exact) mass is 444 g/mol. The molecule has 0 saturated carbocycles. The Labute approximate surface area is 190 Å². The molecule has 4 aromatic rings. The second-order valence-corrected chi connectivity index (χ2v) is 8.73. The van der Waals surface area contributed by atoms with Gasteiger partial charge in [-0.25, -0.2) is 9.31 Å². The zero-order valence-corrected chi connectivity index (χ0v) is 18.2. The zero-order chi connectivity index (χ0) is 22.2. The van der Waals surface area contributed by atoms with E-state index in [0.717, 1.165) is 74.3 Å². The second-order valence-electron chi connectivity index (χ2n) is 8.73. The summed E-state index contributed by atoms with van der Waals surface area (Å²) in [5.74, 6) is 0.213. The maximum atomic E-state index is 13.3. The minimum atomic E-state index is -0.0442. The minimum absolute atomic E-state index is 0.0442. The van der Waals surface area contributed by atoms with Crippen LogP contribution in [0.4, 0.5) is 0 Å². The van der Waals surface area contributed by atoms with Crippen LogP contribution < -0.4 is 0 Å². The van der Waals surface area contributed by atoms with Gasteiger partial charge in [0.25, 0.3) is 0 Å². The summed E-state index contributed by atoms with van der Waals surface area (Å²) in [5.41, 5.74) is 6.10. The van der Waals surface area contributed by atoms with E-state index < -0.39 is 0 Å². The first kappa shape index (κ1) is 20.0. The highest BCUT2D eigenvalue weighted by molar-refractivity contribution is 5.85. The third-order valence-electron chi connectivity index (χ3n) is 6.83. The highest BCUT2D eigenvalue weighted by Gasteiger charge is 2.33. The van der Waals surface area contributed by atoms with E-state index in [0.29, 0.717) is 0 Å². The van der Waals surface area contributed by atoms with Crippen LogP contribution in [0.5, 0.6) is 0 Å². The average molecular weight is 444 g/mol. The van der Waals surface area contributed by atoms with Crippen molar-refractivity contribution in [2.24, 2.45) is 0 Å². The summed E-state index contributed by atoms with van der Waals surface area (Å²) in [4.78, 5) is 17.8. The van der Waals surface area contributed by atoms with E-state index in [2.05, 4.69) is 48.9 Å². The maximum absolute atomic E-state index is 13.3. The van der Waals surface area contributed by atoms with Gasteiger partial charge < -0.3 is 4.90 Å². The number of benzene rings is 2. The lowest BCUT2D eigenvalue weighted by Crippen LogP contribution is -2.50. The number of amides is 1. The van der Waals surface area contributed by atoms with Gasteiger partial charge in [-0.1, -0.05) is 12.1 Å². The normalized spacial score (nSPS) is 18.7. The molecule has 3 heterocycles. The Morgan fingerprint density at radius 1 is 1.03 bits per heavy atom. The van der Waals surface area contributed by atoms with Gasteiger partial charge in [-0.2, -0.15) is 0 Å². The predicted molar refractivity (Wildman–Crippen MR) is 119 cm³/mol. The lowest BCUT2D eigenvalue weighted by Gasteiger charge is -2.36. The molecule has 10 nitrogen and oxygen atoms in total. The van der Waals surface area contributed by atoms with Gasteiger partial charge >= 0.3 is 0 Å². The molecular weight excluding hydrogens is 420 g/mol. The van der Waals surface area contributed by atoms with Crippen molar-refractivity contribution >= 4 is 16.9 Å².